The highest BCUT2D eigenvalue weighted by atomic mass is 32.1. The number of benzene rings is 1. The zero-order valence-electron chi connectivity index (χ0n) is 79.4. The van der Waals surface area contributed by atoms with E-state index in [0.717, 1.165) is 132 Å². The zero-order chi connectivity index (χ0) is 92.6. The van der Waals surface area contributed by atoms with Crippen LogP contribution in [0.1, 0.15) is 306 Å². The van der Waals surface area contributed by atoms with Crippen molar-refractivity contribution in [3.8, 4) is 0 Å². The molecule has 2 amide bonds. The number of pyridine rings is 3. The van der Waals surface area contributed by atoms with Gasteiger partial charge < -0.3 is 46.3 Å². The summed E-state index contributed by atoms with van der Waals surface area (Å²) in [5.41, 5.74) is 12.9. The second kappa shape index (κ2) is 34.7. The van der Waals surface area contributed by atoms with Gasteiger partial charge in [0.05, 0.1) is 92.2 Å². The van der Waals surface area contributed by atoms with Gasteiger partial charge in [-0.1, -0.05) is 76.2 Å². The lowest BCUT2D eigenvalue weighted by Gasteiger charge is -2.31. The number of aromatic nitrogens is 12. The Balaban J connectivity index is 0.000000120. The number of carbonyl (C=O) groups excluding carboxylic acids is 2. The largest absolute Gasteiger partial charge is 0.346 e. The topological polar surface area (TPSA) is 201 Å². The number of halogens is 4. The lowest BCUT2D eigenvalue weighted by Crippen LogP contribution is -2.42. The molecule has 682 valence electrons. The van der Waals surface area contributed by atoms with Gasteiger partial charge in [-0.3, -0.25) is 33.6 Å². The quantitative estimate of drug-likeness (QED) is 0.139. The summed E-state index contributed by atoms with van der Waals surface area (Å²) in [4.78, 5) is 91.3. The number of thiophene rings is 1. The van der Waals surface area contributed by atoms with Gasteiger partial charge in [-0.15, -0.1) is 11.3 Å². The highest BCUT2D eigenvalue weighted by molar-refractivity contribution is 7.19. The molecule has 0 atom stereocenters. The van der Waals surface area contributed by atoms with Crippen molar-refractivity contribution < 1.29 is 27.2 Å². The molecular weight excluding hydrogens is 1630 g/mol. The van der Waals surface area contributed by atoms with E-state index in [4.69, 9.17) is 0 Å². The summed E-state index contributed by atoms with van der Waals surface area (Å²) in [6.07, 6.45) is 21.2. The van der Waals surface area contributed by atoms with Gasteiger partial charge in [0, 0.05) is 127 Å². The number of rotatable bonds is 7. The van der Waals surface area contributed by atoms with Crippen molar-refractivity contribution in [1.82, 2.24) is 65.9 Å². The first-order chi connectivity index (χ1) is 59.4. The zero-order valence-corrected chi connectivity index (χ0v) is 80.3. The molecule has 20 rings (SSSR count). The van der Waals surface area contributed by atoms with E-state index in [9.17, 15) is 51.1 Å². The average Bonchev–Trinajstić information content (AvgIpc) is 1.59. The Morgan fingerprint density at radius 3 is 1.40 bits per heavy atom. The van der Waals surface area contributed by atoms with Crippen LogP contribution in [0.5, 0.6) is 0 Å². The molecule has 7 aliphatic heterocycles. The number of fused-ring (bicyclic) bond motifs is 19. The van der Waals surface area contributed by atoms with Gasteiger partial charge in [0.15, 0.2) is 17.5 Å². The van der Waals surface area contributed by atoms with Gasteiger partial charge in [-0.2, -0.15) is 10.2 Å². The molecule has 0 spiro atoms. The van der Waals surface area contributed by atoms with Crippen molar-refractivity contribution in [2.45, 2.75) is 337 Å². The number of aryl methyl sites for hydroxylation is 3. The molecule has 0 N–H and O–H groups in total. The number of amides is 2. The summed E-state index contributed by atoms with van der Waals surface area (Å²) < 4.78 is 77.4. The van der Waals surface area contributed by atoms with Crippen LogP contribution in [0.15, 0.2) is 97.4 Å². The Morgan fingerprint density at radius 2 is 0.890 bits per heavy atom. The molecule has 0 saturated carbocycles. The van der Waals surface area contributed by atoms with Crippen LogP contribution in [0.25, 0.3) is 53.6 Å². The van der Waals surface area contributed by atoms with E-state index >= 15 is 0 Å². The molecule has 0 radical (unpaired) electrons. The molecule has 18 heterocycles. The first-order valence-electron chi connectivity index (χ1n) is 46.0. The Morgan fingerprint density at radius 1 is 0.409 bits per heavy atom. The molecule has 127 heavy (non-hydrogen) atoms. The number of carbonyl (C=O) groups is 2. The fourth-order valence-corrected chi connectivity index (χ4v) is 21.5. The average molecular weight is 1760 g/mol. The van der Waals surface area contributed by atoms with Crippen LogP contribution < -0.4 is 27.8 Å². The molecule has 12 aromatic rings. The van der Waals surface area contributed by atoms with Crippen molar-refractivity contribution in [1.29, 1.82) is 0 Å². The fraction of sp³-hybridized carbons (Fsp3) is 0.554. The third-order valence-corrected chi connectivity index (χ3v) is 27.9. The van der Waals surface area contributed by atoms with Gasteiger partial charge in [-0.25, -0.2) is 26.9 Å². The maximum atomic E-state index is 14.6. The molecule has 0 fully saturated rings. The summed E-state index contributed by atoms with van der Waals surface area (Å²) >= 11 is 1.67. The lowest BCUT2D eigenvalue weighted by molar-refractivity contribution is 0.0679. The van der Waals surface area contributed by atoms with Gasteiger partial charge in [0.1, 0.15) is 21.3 Å². The third kappa shape index (κ3) is 17.6. The van der Waals surface area contributed by atoms with Crippen molar-refractivity contribution in [3.05, 3.63) is 215 Å². The molecule has 26 heteroatoms. The smallest absolute Gasteiger partial charge is 0.284 e. The Labute approximate surface area is 746 Å². The van der Waals surface area contributed by atoms with E-state index in [0.29, 0.717) is 53.2 Å². The Hall–Kier alpha value is -10.1. The summed E-state index contributed by atoms with van der Waals surface area (Å²) in [5.74, 6) is -1.28. The summed E-state index contributed by atoms with van der Waals surface area (Å²) in [5, 5.41) is 11.6. The summed E-state index contributed by atoms with van der Waals surface area (Å²) in [6, 6.07) is 14.1. The standard InChI is InChI=1S/C15H21FN2O.3C15H19FN2O.C14H18N2OS.C14H18N2O.C13H18N2O/c3*1-9(2)17-6-5-10-12(14(17)19)13(16)11-7-15(3,4)8-18(10)11;1-9(2)18-14(19)13-10(8-17-18)6-11(7-12(13)16)15(3,4)5;1-8(2)16-13(17)12-10(7-15-16)9-5-14(3,4)6-11(9)18-12;1-10(2)15-8-6-13-12(14(15)17)9-11-5-3-4-7-16(11)13;1-9(2)15-8-12-11(13(15)16)7-10-5-3-4-6-14(10)12/h9H,5-8H2,1-4H3;2*5-6,9H,7-8H2,1-4H3;6-9H,1-5H3;7-8H,5-6H2,1-4H3;6,8-10H,3-5,7H2,1-2H3;7,9H,3-6,8H2,1-2H3. The normalized spacial score (nSPS) is 17.2. The van der Waals surface area contributed by atoms with Crippen molar-refractivity contribution >= 4 is 76.7 Å². The molecule has 1 aromatic carbocycles. The predicted molar refractivity (Wildman–Crippen MR) is 502 cm³/mol. The van der Waals surface area contributed by atoms with Gasteiger partial charge in [0.2, 0.25) is 0 Å². The van der Waals surface area contributed by atoms with Crippen LogP contribution in [0, 0.1) is 44.9 Å². The predicted octanol–water partition coefficient (Wildman–Crippen LogP) is 20.3. The van der Waals surface area contributed by atoms with Crippen LogP contribution >= 0.6 is 11.3 Å². The maximum absolute atomic E-state index is 14.6. The van der Waals surface area contributed by atoms with E-state index in [1.807, 2.05) is 153 Å². The first kappa shape index (κ1) is 93.1. The third-order valence-electron chi connectivity index (χ3n) is 26.6. The molecule has 21 nitrogen and oxygen atoms in total. The molecular formula is C101H132F4N14O7S. The van der Waals surface area contributed by atoms with Gasteiger partial charge >= 0.3 is 0 Å². The van der Waals surface area contributed by atoms with Crippen molar-refractivity contribution in [2.75, 3.05) is 6.54 Å². The van der Waals surface area contributed by atoms with Crippen molar-refractivity contribution in [3.63, 3.8) is 0 Å². The monoisotopic (exact) mass is 1760 g/mol. The van der Waals surface area contributed by atoms with Crippen LogP contribution in [0.4, 0.5) is 17.6 Å². The highest BCUT2D eigenvalue weighted by Gasteiger charge is 2.43. The van der Waals surface area contributed by atoms with E-state index in [1.54, 1.807) is 48.6 Å². The SMILES string of the molecule is CC(C)N1CCc2c(c(F)c3n2CC(C)(C)C3)C1=O.CC(C)N1Cc2c(cc3n2CCCC3)C1=O.CC(C)n1ccc2c(c(F)c3n2CC(C)(C)C3)c1=O.CC(C)n1ccc2c(c(F)c3n2CC(C)(C)C3)c1=O.CC(C)n1ccc2c(cc3n2CCCC3)c1=O.CC(C)n1ncc2c3c(sc2c1=O)CC(C)(C)C3.CC(C)n1ncc2cc(C(C)(C)C)cc(F)c2c1=O. The molecule has 0 saturated heterocycles. The molecule has 1 aliphatic carbocycles. The van der Waals surface area contributed by atoms with Gasteiger partial charge in [0.25, 0.3) is 39.6 Å². The lowest BCUT2D eigenvalue weighted by atomic mass is 9.86. The number of hydrogen-bond acceptors (Lipinski definition) is 10. The molecule has 0 unspecified atom stereocenters. The number of hydrogen-bond donors (Lipinski definition) is 0. The second-order valence-electron chi connectivity index (χ2n) is 42.7. The van der Waals surface area contributed by atoms with E-state index < -0.39 is 5.82 Å². The van der Waals surface area contributed by atoms with Crippen molar-refractivity contribution in [2.24, 2.45) is 21.7 Å². The Kier molecular flexibility index (Phi) is 25.4. The van der Waals surface area contributed by atoms with E-state index in [-0.39, 0.29) is 131 Å². The number of nitrogens with zero attached hydrogens (tertiary/aromatic N) is 14. The minimum Gasteiger partial charge on any atom is -0.346 e. The molecule has 8 aliphatic rings. The maximum Gasteiger partial charge on any atom is 0.284 e. The van der Waals surface area contributed by atoms with Crippen LogP contribution in [-0.2, 0) is 96.1 Å². The fourth-order valence-electron chi connectivity index (χ4n) is 20.1. The minimum atomic E-state index is -0.468. The van der Waals surface area contributed by atoms with Crippen LogP contribution in [0.3, 0.4) is 0 Å². The van der Waals surface area contributed by atoms with Gasteiger partial charge in [-0.05, 0) is 248 Å². The van der Waals surface area contributed by atoms with Crippen LogP contribution in [0.2, 0.25) is 0 Å². The second-order valence-corrected chi connectivity index (χ2v) is 43.8. The minimum absolute atomic E-state index is 0.0440. The first-order valence-corrected chi connectivity index (χ1v) is 46.8. The van der Waals surface area contributed by atoms with E-state index in [2.05, 4.69) is 111 Å². The Bertz CT molecular complexity index is 6510. The molecule has 0 bridgehead atoms. The highest BCUT2D eigenvalue weighted by Crippen LogP contribution is 2.46. The van der Waals surface area contributed by atoms with Crippen LogP contribution in [-0.4, -0.2) is 96.3 Å². The molecule has 11 aromatic heterocycles. The summed E-state index contributed by atoms with van der Waals surface area (Å²) in [6.45, 7) is 57.1. The summed E-state index contributed by atoms with van der Waals surface area (Å²) in [7, 11) is 0. The van der Waals surface area contributed by atoms with E-state index in [1.165, 1.54) is 64.0 Å².